The molecule has 0 N–H and O–H groups in total. The van der Waals surface area contributed by atoms with Crippen LogP contribution in [0, 0.1) is 17.3 Å². The highest BCUT2D eigenvalue weighted by atomic mass is 16.1. The van der Waals surface area contributed by atoms with Crippen molar-refractivity contribution < 1.29 is 4.79 Å². The molecule has 0 radical (unpaired) electrons. The summed E-state index contributed by atoms with van der Waals surface area (Å²) in [5, 5.41) is 0. The number of fused-ring (bicyclic) bond motifs is 1. The molecule has 88 valence electrons. The summed E-state index contributed by atoms with van der Waals surface area (Å²) >= 11 is 0. The number of hydrogen-bond donors (Lipinski definition) is 0. The van der Waals surface area contributed by atoms with Gasteiger partial charge >= 0.3 is 0 Å². The average molecular weight is 218 g/mol. The van der Waals surface area contributed by atoms with Crippen LogP contribution in [0.15, 0.2) is 23.8 Å². The van der Waals surface area contributed by atoms with Gasteiger partial charge in [-0.2, -0.15) is 0 Å². The maximum Gasteiger partial charge on any atom is 0.139 e. The fourth-order valence-electron chi connectivity index (χ4n) is 3.40. The van der Waals surface area contributed by atoms with Crippen LogP contribution in [-0.2, 0) is 4.79 Å². The first-order valence-electron chi connectivity index (χ1n) is 6.30. The third kappa shape index (κ3) is 1.66. The number of carbonyl (C=O) groups excluding carboxylic acids is 1. The van der Waals surface area contributed by atoms with E-state index in [1.165, 1.54) is 11.1 Å². The highest BCUT2D eigenvalue weighted by Gasteiger charge is 2.47. The van der Waals surface area contributed by atoms with Crippen LogP contribution in [0.5, 0.6) is 0 Å². The largest absolute Gasteiger partial charge is 0.299 e. The monoisotopic (exact) mass is 218 g/mol. The second kappa shape index (κ2) is 3.87. The summed E-state index contributed by atoms with van der Waals surface area (Å²) in [5.74, 6) is 1.33. The second-order valence-electron chi connectivity index (χ2n) is 5.86. The molecule has 2 rings (SSSR count). The van der Waals surface area contributed by atoms with Crippen LogP contribution < -0.4 is 0 Å². The summed E-state index contributed by atoms with van der Waals surface area (Å²) in [7, 11) is 0. The molecular weight excluding hydrogens is 196 g/mol. The molecule has 1 heteroatoms. The van der Waals surface area contributed by atoms with Crippen LogP contribution in [0.3, 0.4) is 0 Å². The van der Waals surface area contributed by atoms with E-state index >= 15 is 0 Å². The molecule has 0 unspecified atom stereocenters. The highest BCUT2D eigenvalue weighted by molar-refractivity contribution is 5.86. The van der Waals surface area contributed by atoms with Gasteiger partial charge in [-0.05, 0) is 44.9 Å². The summed E-state index contributed by atoms with van der Waals surface area (Å²) in [6.45, 7) is 10.4. The first-order chi connectivity index (χ1) is 7.45. The van der Waals surface area contributed by atoms with Crippen LogP contribution in [0.4, 0.5) is 0 Å². The van der Waals surface area contributed by atoms with E-state index in [-0.39, 0.29) is 5.41 Å². The van der Waals surface area contributed by atoms with Crippen molar-refractivity contribution in [1.29, 1.82) is 0 Å². The third-order valence-electron chi connectivity index (χ3n) is 4.73. The van der Waals surface area contributed by atoms with Gasteiger partial charge in [0.05, 0.1) is 0 Å². The predicted octanol–water partition coefficient (Wildman–Crippen LogP) is 3.90. The molecule has 1 fully saturated rings. The normalized spacial score (nSPS) is 38.9. The van der Waals surface area contributed by atoms with Crippen molar-refractivity contribution >= 4 is 5.78 Å². The average Bonchev–Trinajstić information content (AvgIpc) is 2.20. The Morgan fingerprint density at radius 1 is 1.56 bits per heavy atom. The smallest absolute Gasteiger partial charge is 0.139 e. The van der Waals surface area contributed by atoms with Gasteiger partial charge in [-0.25, -0.2) is 0 Å². The van der Waals surface area contributed by atoms with Gasteiger partial charge in [0.2, 0.25) is 0 Å². The molecule has 3 atom stereocenters. The van der Waals surface area contributed by atoms with Gasteiger partial charge in [0, 0.05) is 11.8 Å². The fourth-order valence-corrected chi connectivity index (χ4v) is 3.40. The molecule has 2 aliphatic rings. The number of carbonyl (C=O) groups is 1. The summed E-state index contributed by atoms with van der Waals surface area (Å²) < 4.78 is 0. The maximum absolute atomic E-state index is 12.3. The summed E-state index contributed by atoms with van der Waals surface area (Å²) in [5.41, 5.74) is 2.52. The Kier molecular flexibility index (Phi) is 2.81. The number of ketones is 1. The Hall–Kier alpha value is -0.850. The van der Waals surface area contributed by atoms with Gasteiger partial charge in [0.25, 0.3) is 0 Å². The zero-order chi connectivity index (χ0) is 11.9. The third-order valence-corrected chi connectivity index (χ3v) is 4.73. The van der Waals surface area contributed by atoms with E-state index in [0.717, 1.165) is 25.7 Å². The van der Waals surface area contributed by atoms with E-state index < -0.39 is 0 Å². The molecular formula is C15H22O. The van der Waals surface area contributed by atoms with Crippen molar-refractivity contribution in [2.45, 2.75) is 46.5 Å². The molecule has 0 saturated heterocycles. The van der Waals surface area contributed by atoms with E-state index in [2.05, 4.69) is 33.4 Å². The minimum absolute atomic E-state index is 0.0786. The van der Waals surface area contributed by atoms with Crippen LogP contribution in [0.2, 0.25) is 0 Å². The molecule has 0 spiro atoms. The molecule has 1 saturated carbocycles. The van der Waals surface area contributed by atoms with E-state index in [1.807, 2.05) is 0 Å². The molecule has 0 amide bonds. The lowest BCUT2D eigenvalue weighted by Crippen LogP contribution is -2.44. The first kappa shape index (κ1) is 11.6. The topological polar surface area (TPSA) is 17.1 Å². The Morgan fingerprint density at radius 2 is 2.25 bits per heavy atom. The molecule has 0 aliphatic heterocycles. The van der Waals surface area contributed by atoms with Gasteiger partial charge in [-0.15, -0.1) is 0 Å². The maximum atomic E-state index is 12.3. The molecule has 0 aromatic rings. The van der Waals surface area contributed by atoms with Crippen molar-refractivity contribution in [1.82, 2.24) is 0 Å². The number of allylic oxidation sites excluding steroid dienone is 3. The van der Waals surface area contributed by atoms with E-state index in [1.54, 1.807) is 0 Å². The minimum Gasteiger partial charge on any atom is -0.299 e. The molecule has 0 aromatic carbocycles. The van der Waals surface area contributed by atoms with Gasteiger partial charge in [0.1, 0.15) is 5.78 Å². The van der Waals surface area contributed by atoms with Crippen molar-refractivity contribution in [3.63, 3.8) is 0 Å². The van der Waals surface area contributed by atoms with Crippen molar-refractivity contribution in [2.24, 2.45) is 17.3 Å². The quantitative estimate of drug-likeness (QED) is 0.610. The van der Waals surface area contributed by atoms with Crippen LogP contribution in [0.1, 0.15) is 46.5 Å². The van der Waals surface area contributed by atoms with Crippen molar-refractivity contribution in [2.75, 3.05) is 0 Å². The lowest BCUT2D eigenvalue weighted by Gasteiger charge is -2.46. The lowest BCUT2D eigenvalue weighted by molar-refractivity contribution is -0.135. The molecule has 16 heavy (non-hydrogen) atoms. The van der Waals surface area contributed by atoms with E-state index in [9.17, 15) is 4.79 Å². The number of rotatable bonds is 1. The zero-order valence-corrected chi connectivity index (χ0v) is 10.7. The van der Waals surface area contributed by atoms with Gasteiger partial charge in [0.15, 0.2) is 0 Å². The van der Waals surface area contributed by atoms with Crippen molar-refractivity contribution in [3.05, 3.63) is 23.8 Å². The first-order valence-corrected chi connectivity index (χ1v) is 6.30. The SMILES string of the molecule is C=C(C)[C@@H]1CC(=O)[C@@]2(C)CCC=C(C)[C@@H]2C1. The van der Waals surface area contributed by atoms with Gasteiger partial charge < -0.3 is 0 Å². The molecule has 1 nitrogen and oxygen atoms in total. The number of hydrogen-bond acceptors (Lipinski definition) is 1. The fraction of sp³-hybridized carbons (Fsp3) is 0.667. The Labute approximate surface area is 98.6 Å². The zero-order valence-electron chi connectivity index (χ0n) is 10.7. The Morgan fingerprint density at radius 3 is 2.88 bits per heavy atom. The Balaban J connectivity index is 2.32. The van der Waals surface area contributed by atoms with Crippen molar-refractivity contribution in [3.8, 4) is 0 Å². The molecule has 0 bridgehead atoms. The van der Waals surface area contributed by atoms with Crippen LogP contribution >= 0.6 is 0 Å². The summed E-state index contributed by atoms with van der Waals surface area (Å²) in [6.07, 6.45) is 6.27. The standard InChI is InChI=1S/C15H22O/c1-10(2)12-8-13-11(3)6-5-7-15(13,4)14(16)9-12/h6,12-13H,1,5,7-9H2,2-4H3/t12-,13-,15-/m0/s1. The van der Waals surface area contributed by atoms with E-state index in [4.69, 9.17) is 0 Å². The lowest BCUT2D eigenvalue weighted by atomic mass is 9.57. The van der Waals surface area contributed by atoms with E-state index in [0.29, 0.717) is 17.6 Å². The minimum atomic E-state index is -0.0786. The second-order valence-corrected chi connectivity index (χ2v) is 5.86. The molecule has 2 aliphatic carbocycles. The summed E-state index contributed by atoms with van der Waals surface area (Å²) in [6, 6.07) is 0. The highest BCUT2D eigenvalue weighted by Crippen LogP contribution is 2.50. The molecule has 0 aromatic heterocycles. The summed E-state index contributed by atoms with van der Waals surface area (Å²) in [4.78, 5) is 12.3. The Bertz CT molecular complexity index is 364. The molecule has 0 heterocycles. The van der Waals surface area contributed by atoms with Crippen LogP contribution in [-0.4, -0.2) is 5.78 Å². The number of Topliss-reactive ketones (excluding diaryl/α,β-unsaturated/α-hetero) is 1. The van der Waals surface area contributed by atoms with Crippen LogP contribution in [0.25, 0.3) is 0 Å². The predicted molar refractivity (Wildman–Crippen MR) is 67.1 cm³/mol. The van der Waals surface area contributed by atoms with Gasteiger partial charge in [-0.1, -0.05) is 30.7 Å². The van der Waals surface area contributed by atoms with Gasteiger partial charge in [-0.3, -0.25) is 4.79 Å².